The minimum Gasteiger partial charge on any atom is -0.460 e. The number of anilines is 1. The third kappa shape index (κ3) is 2.63. The Morgan fingerprint density at radius 2 is 2.27 bits per heavy atom. The van der Waals surface area contributed by atoms with Crippen molar-refractivity contribution < 1.29 is 4.42 Å². The number of thiophene rings is 1. The van der Waals surface area contributed by atoms with E-state index in [9.17, 15) is 0 Å². The van der Waals surface area contributed by atoms with E-state index in [1.54, 1.807) is 11.3 Å². The fraction of sp³-hybridized carbons (Fsp3) is 0.250. The van der Waals surface area contributed by atoms with Gasteiger partial charge >= 0.3 is 0 Å². The lowest BCUT2D eigenvalue weighted by atomic mass is 10.1. The van der Waals surface area contributed by atoms with E-state index >= 15 is 0 Å². The van der Waals surface area contributed by atoms with E-state index in [4.69, 9.17) is 10.2 Å². The van der Waals surface area contributed by atoms with Crippen molar-refractivity contribution in [3.8, 4) is 11.3 Å². The van der Waals surface area contributed by atoms with E-state index in [1.165, 1.54) is 0 Å². The summed E-state index contributed by atoms with van der Waals surface area (Å²) in [5.74, 6) is 2.28. The van der Waals surface area contributed by atoms with E-state index in [0.717, 1.165) is 54.4 Å². The average Bonchev–Trinajstić information content (AvgIpc) is 3.18. The molecule has 5 nitrogen and oxygen atoms in total. The standard InChI is InChI=1S/C16H16N4OS/c17-16-18-7-12-8-20(5-3-14(12)19-16)9-13-1-2-15(21-13)11-4-6-22-10-11/h1-2,4,6-7,10H,3,5,8-9H2,(H2,17,18,19). The van der Waals surface area contributed by atoms with Crippen molar-refractivity contribution in [2.75, 3.05) is 12.3 Å². The first kappa shape index (κ1) is 13.5. The Labute approximate surface area is 132 Å². The molecule has 1 aliphatic heterocycles. The summed E-state index contributed by atoms with van der Waals surface area (Å²) in [6.07, 6.45) is 2.74. The molecule has 0 saturated heterocycles. The second-order valence-corrected chi connectivity index (χ2v) is 6.22. The minimum atomic E-state index is 0.360. The van der Waals surface area contributed by atoms with Crippen LogP contribution in [0.4, 0.5) is 5.95 Å². The van der Waals surface area contributed by atoms with Gasteiger partial charge in [0.15, 0.2) is 0 Å². The Morgan fingerprint density at radius 1 is 1.32 bits per heavy atom. The molecule has 0 saturated carbocycles. The number of nitrogen functional groups attached to an aromatic ring is 1. The number of hydrogen-bond acceptors (Lipinski definition) is 6. The highest BCUT2D eigenvalue weighted by atomic mass is 32.1. The summed E-state index contributed by atoms with van der Waals surface area (Å²) in [4.78, 5) is 10.7. The van der Waals surface area contributed by atoms with Crippen LogP contribution in [0, 0.1) is 0 Å². The molecule has 6 heteroatoms. The number of rotatable bonds is 3. The van der Waals surface area contributed by atoms with Gasteiger partial charge in [-0.2, -0.15) is 11.3 Å². The molecule has 22 heavy (non-hydrogen) atoms. The van der Waals surface area contributed by atoms with Gasteiger partial charge < -0.3 is 10.2 Å². The van der Waals surface area contributed by atoms with Crippen molar-refractivity contribution >= 4 is 17.3 Å². The summed E-state index contributed by atoms with van der Waals surface area (Å²) >= 11 is 1.68. The average molecular weight is 312 g/mol. The molecule has 4 heterocycles. The highest BCUT2D eigenvalue weighted by Crippen LogP contribution is 2.26. The van der Waals surface area contributed by atoms with Crippen LogP contribution >= 0.6 is 11.3 Å². The highest BCUT2D eigenvalue weighted by Gasteiger charge is 2.19. The van der Waals surface area contributed by atoms with E-state index in [-0.39, 0.29) is 0 Å². The fourth-order valence-corrected chi connectivity index (χ4v) is 3.41. The molecule has 0 aromatic carbocycles. The maximum absolute atomic E-state index is 5.95. The number of aromatic nitrogens is 2. The molecule has 112 valence electrons. The molecule has 4 rings (SSSR count). The summed E-state index contributed by atoms with van der Waals surface area (Å²) in [5.41, 5.74) is 9.01. The number of fused-ring (bicyclic) bond motifs is 1. The predicted octanol–water partition coefficient (Wildman–Crippen LogP) is 2.94. The Morgan fingerprint density at radius 3 is 3.14 bits per heavy atom. The number of furan rings is 1. The fourth-order valence-electron chi connectivity index (χ4n) is 2.77. The van der Waals surface area contributed by atoms with E-state index in [2.05, 4.69) is 37.8 Å². The van der Waals surface area contributed by atoms with Crippen LogP contribution in [0.2, 0.25) is 0 Å². The Hall–Kier alpha value is -2.18. The molecule has 0 aliphatic carbocycles. The maximum Gasteiger partial charge on any atom is 0.220 e. The largest absolute Gasteiger partial charge is 0.460 e. The second kappa shape index (κ2) is 5.55. The Bertz CT molecular complexity index is 781. The van der Waals surface area contributed by atoms with Crippen LogP contribution in [-0.4, -0.2) is 21.4 Å². The zero-order chi connectivity index (χ0) is 14.9. The minimum absolute atomic E-state index is 0.360. The normalized spacial score (nSPS) is 14.9. The molecule has 0 atom stereocenters. The van der Waals surface area contributed by atoms with Crippen molar-refractivity contribution in [1.82, 2.24) is 14.9 Å². The first-order chi connectivity index (χ1) is 10.8. The molecule has 0 radical (unpaired) electrons. The lowest BCUT2D eigenvalue weighted by Crippen LogP contribution is -2.30. The number of nitrogens with zero attached hydrogens (tertiary/aromatic N) is 3. The van der Waals surface area contributed by atoms with Gasteiger partial charge in [0.25, 0.3) is 0 Å². The van der Waals surface area contributed by atoms with Crippen LogP contribution < -0.4 is 5.73 Å². The van der Waals surface area contributed by atoms with Crippen molar-refractivity contribution in [3.63, 3.8) is 0 Å². The molecular formula is C16H16N4OS. The lowest BCUT2D eigenvalue weighted by Gasteiger charge is -2.26. The van der Waals surface area contributed by atoms with Crippen LogP contribution in [0.1, 0.15) is 17.0 Å². The van der Waals surface area contributed by atoms with Crippen molar-refractivity contribution in [1.29, 1.82) is 0 Å². The Balaban J connectivity index is 1.47. The molecule has 0 fully saturated rings. The number of hydrogen-bond donors (Lipinski definition) is 1. The van der Waals surface area contributed by atoms with Crippen molar-refractivity contribution in [3.05, 3.63) is 52.2 Å². The van der Waals surface area contributed by atoms with Gasteiger partial charge in [-0.15, -0.1) is 0 Å². The second-order valence-electron chi connectivity index (χ2n) is 5.44. The first-order valence-electron chi connectivity index (χ1n) is 7.22. The molecule has 0 amide bonds. The zero-order valence-corrected chi connectivity index (χ0v) is 12.8. The van der Waals surface area contributed by atoms with Crippen molar-refractivity contribution in [2.24, 2.45) is 0 Å². The topological polar surface area (TPSA) is 68.2 Å². The van der Waals surface area contributed by atoms with E-state index in [0.29, 0.717) is 5.95 Å². The van der Waals surface area contributed by atoms with Gasteiger partial charge in [0, 0.05) is 42.2 Å². The summed E-state index contributed by atoms with van der Waals surface area (Å²) < 4.78 is 5.95. The summed E-state index contributed by atoms with van der Waals surface area (Å²) in [5, 5.41) is 4.16. The van der Waals surface area contributed by atoms with Gasteiger partial charge in [-0.25, -0.2) is 9.97 Å². The van der Waals surface area contributed by atoms with E-state index < -0.39 is 0 Å². The summed E-state index contributed by atoms with van der Waals surface area (Å²) in [7, 11) is 0. The van der Waals surface area contributed by atoms with Gasteiger partial charge in [0.05, 0.1) is 12.2 Å². The highest BCUT2D eigenvalue weighted by molar-refractivity contribution is 7.08. The monoisotopic (exact) mass is 312 g/mol. The molecule has 2 N–H and O–H groups in total. The quantitative estimate of drug-likeness (QED) is 0.805. The van der Waals surface area contributed by atoms with Gasteiger partial charge in [-0.1, -0.05) is 0 Å². The third-order valence-electron chi connectivity index (χ3n) is 3.88. The molecule has 0 bridgehead atoms. The maximum atomic E-state index is 5.95. The van der Waals surface area contributed by atoms with Crippen LogP contribution in [0.25, 0.3) is 11.3 Å². The molecule has 0 spiro atoms. The summed E-state index contributed by atoms with van der Waals surface area (Å²) in [6, 6.07) is 6.17. The third-order valence-corrected chi connectivity index (χ3v) is 4.56. The predicted molar refractivity (Wildman–Crippen MR) is 86.3 cm³/mol. The van der Waals surface area contributed by atoms with Crippen LogP contribution in [0.3, 0.4) is 0 Å². The van der Waals surface area contributed by atoms with Crippen LogP contribution in [0.5, 0.6) is 0 Å². The Kier molecular flexibility index (Phi) is 3.40. The number of nitrogens with two attached hydrogens (primary N) is 1. The van der Waals surface area contributed by atoms with Gasteiger partial charge in [-0.3, -0.25) is 4.90 Å². The van der Waals surface area contributed by atoms with E-state index in [1.807, 2.05) is 12.3 Å². The molecule has 3 aromatic rings. The zero-order valence-electron chi connectivity index (χ0n) is 12.0. The molecule has 3 aromatic heterocycles. The van der Waals surface area contributed by atoms with Gasteiger partial charge in [-0.05, 0) is 23.6 Å². The van der Waals surface area contributed by atoms with Gasteiger partial charge in [0.2, 0.25) is 5.95 Å². The van der Waals surface area contributed by atoms with Crippen LogP contribution in [0.15, 0.2) is 39.6 Å². The smallest absolute Gasteiger partial charge is 0.220 e. The van der Waals surface area contributed by atoms with Gasteiger partial charge in [0.1, 0.15) is 11.5 Å². The van der Waals surface area contributed by atoms with Crippen molar-refractivity contribution in [2.45, 2.75) is 19.5 Å². The SMILES string of the molecule is Nc1ncc2c(n1)CCN(Cc1ccc(-c3ccsc3)o1)C2. The summed E-state index contributed by atoms with van der Waals surface area (Å²) in [6.45, 7) is 2.59. The molecule has 0 unspecified atom stereocenters. The lowest BCUT2D eigenvalue weighted by molar-refractivity contribution is 0.224. The van der Waals surface area contributed by atoms with Crippen LogP contribution in [-0.2, 0) is 19.5 Å². The first-order valence-corrected chi connectivity index (χ1v) is 8.16. The molecular weight excluding hydrogens is 296 g/mol. The molecule has 1 aliphatic rings.